The molecule has 0 aromatic carbocycles. The van der Waals surface area contributed by atoms with Gasteiger partial charge in [-0.05, 0) is 105 Å². The molecular weight excluding hydrogens is 602 g/mol. The Morgan fingerprint density at radius 2 is 1.50 bits per heavy atom. The average molecular weight is 654 g/mol. The van der Waals surface area contributed by atoms with Crippen LogP contribution in [0.1, 0.15) is 135 Å². The lowest BCUT2D eigenvalue weighted by Crippen LogP contribution is -2.15. The second-order valence-corrected chi connectivity index (χ2v) is 13.5. The van der Waals surface area contributed by atoms with Gasteiger partial charge in [0.2, 0.25) is 0 Å². The fourth-order valence-electron chi connectivity index (χ4n) is 7.39. The molecule has 0 aliphatic carbocycles. The number of hydrogen-bond donors (Lipinski definition) is 5. The third-order valence-electron chi connectivity index (χ3n) is 10.4. The lowest BCUT2D eigenvalue weighted by atomic mass is 9.85. The van der Waals surface area contributed by atoms with Crippen LogP contribution in [0, 0.1) is 20.8 Å². The number of nitrogens with one attached hydrogen (secondary N) is 3. The second kappa shape index (κ2) is 14.9. The summed E-state index contributed by atoms with van der Waals surface area (Å²) in [4.78, 5) is 41.8. The van der Waals surface area contributed by atoms with Crippen molar-refractivity contribution in [3.05, 3.63) is 68.8 Å². The van der Waals surface area contributed by atoms with E-state index in [1.807, 2.05) is 13.0 Å². The Kier molecular flexibility index (Phi) is 10.9. The number of aromatic amines is 2. The van der Waals surface area contributed by atoms with E-state index in [0.717, 1.165) is 70.4 Å². The average Bonchev–Trinajstić information content (AvgIpc) is 3.72. The van der Waals surface area contributed by atoms with E-state index in [4.69, 9.17) is 9.97 Å². The second-order valence-electron chi connectivity index (χ2n) is 13.5. The summed E-state index contributed by atoms with van der Waals surface area (Å²) in [5.74, 6) is -2.17. The van der Waals surface area contributed by atoms with Crippen molar-refractivity contribution in [2.45, 2.75) is 118 Å². The molecule has 0 saturated heterocycles. The number of allylic oxidation sites excluding steroid dienone is 1. The number of nitrogens with zero attached hydrogens (tertiary/aromatic N) is 2. The number of aromatic nitrogens is 4. The lowest BCUT2D eigenvalue weighted by Gasteiger charge is -2.16. The van der Waals surface area contributed by atoms with Gasteiger partial charge in [-0.1, -0.05) is 46.5 Å². The number of carboxylic acids is 2. The number of H-pyrrole nitrogens is 2. The van der Waals surface area contributed by atoms with Crippen LogP contribution < -0.4 is 5.32 Å². The van der Waals surface area contributed by atoms with Crippen LogP contribution in [0.4, 0.5) is 0 Å². The molecule has 3 aromatic heterocycles. The van der Waals surface area contributed by atoms with Gasteiger partial charge < -0.3 is 25.5 Å². The summed E-state index contributed by atoms with van der Waals surface area (Å²) in [7, 11) is 0. The Balaban J connectivity index is 1.79. The van der Waals surface area contributed by atoms with Crippen molar-refractivity contribution in [1.82, 2.24) is 25.3 Å². The first-order chi connectivity index (χ1) is 23.0. The molecule has 5 N–H and O–H groups in total. The first-order valence-electron chi connectivity index (χ1n) is 17.6. The molecule has 0 amide bonds. The molecule has 3 aromatic rings. The molecule has 0 fully saturated rings. The molecule has 9 nitrogen and oxygen atoms in total. The molecule has 2 aliphatic rings. The number of hydrogen-bond acceptors (Lipinski definition) is 5. The van der Waals surface area contributed by atoms with Crippen LogP contribution in [-0.2, 0) is 22.6 Å². The monoisotopic (exact) mass is 653 g/mol. The molecule has 8 bridgehead atoms. The summed E-state index contributed by atoms with van der Waals surface area (Å²) in [6.07, 6.45) is 7.36. The summed E-state index contributed by atoms with van der Waals surface area (Å²) in [6, 6.07) is 6.24. The maximum Gasteiger partial charge on any atom is 0.338 e. The van der Waals surface area contributed by atoms with E-state index in [9.17, 15) is 19.8 Å². The van der Waals surface area contributed by atoms with Crippen LogP contribution in [-0.4, -0.2) is 48.6 Å². The minimum absolute atomic E-state index is 0.00412. The molecule has 2 atom stereocenters. The molecule has 2 aliphatic heterocycles. The highest BCUT2D eigenvalue weighted by Crippen LogP contribution is 2.43. The van der Waals surface area contributed by atoms with Gasteiger partial charge in [0.05, 0.1) is 17.0 Å². The van der Waals surface area contributed by atoms with Crippen molar-refractivity contribution < 1.29 is 19.8 Å². The van der Waals surface area contributed by atoms with Crippen molar-refractivity contribution in [2.24, 2.45) is 0 Å². The molecule has 0 saturated carbocycles. The number of aliphatic carboxylic acids is 2. The highest BCUT2D eigenvalue weighted by Gasteiger charge is 2.33. The summed E-state index contributed by atoms with van der Waals surface area (Å²) in [6.45, 7) is 16.1. The zero-order valence-electron chi connectivity index (χ0n) is 29.6. The van der Waals surface area contributed by atoms with E-state index >= 15 is 0 Å². The number of unbranched alkanes of at least 4 members (excludes halogenated alkanes) is 4. The predicted octanol–water partition coefficient (Wildman–Crippen LogP) is 8.63. The first-order valence-corrected chi connectivity index (χ1v) is 17.6. The number of rotatable bonds is 13. The number of aryl methyl sites for hydroxylation is 3. The normalized spacial score (nSPS) is 16.1. The Hall–Kier alpha value is -4.24. The summed E-state index contributed by atoms with van der Waals surface area (Å²) >= 11 is 0. The van der Waals surface area contributed by atoms with Crippen LogP contribution >= 0.6 is 0 Å². The smallest absolute Gasteiger partial charge is 0.338 e. The molecule has 256 valence electrons. The molecule has 0 unspecified atom stereocenters. The van der Waals surface area contributed by atoms with Crippen molar-refractivity contribution in [3.8, 4) is 0 Å². The highest BCUT2D eigenvalue weighted by molar-refractivity contribution is 6.24. The molecule has 9 heteroatoms. The van der Waals surface area contributed by atoms with Gasteiger partial charge in [-0.2, -0.15) is 0 Å². The Labute approximate surface area is 283 Å². The molecule has 0 spiro atoms. The van der Waals surface area contributed by atoms with Gasteiger partial charge in [0, 0.05) is 58.3 Å². The molecule has 5 rings (SSSR count). The van der Waals surface area contributed by atoms with E-state index in [0.29, 0.717) is 34.6 Å². The summed E-state index contributed by atoms with van der Waals surface area (Å²) < 4.78 is 0. The molecule has 0 radical (unpaired) electrons. The number of carbonyl (C=O) groups is 2. The maximum atomic E-state index is 12.7. The van der Waals surface area contributed by atoms with Gasteiger partial charge in [0.15, 0.2) is 0 Å². The van der Waals surface area contributed by atoms with E-state index in [2.05, 4.69) is 62.0 Å². The first kappa shape index (κ1) is 35.1. The minimum atomic E-state index is -1.04. The van der Waals surface area contributed by atoms with Crippen LogP contribution in [0.5, 0.6) is 0 Å². The topological polar surface area (TPSA) is 144 Å². The Bertz CT molecular complexity index is 1910. The Morgan fingerprint density at radius 1 is 0.833 bits per heavy atom. The SMILES string of the molecule is CCCCCCCNCc1c(C)c2cc3nc(c(C)c4nc(cc5[nH]c(cc1[nH]2)c(C)c5CC)C(C)=C4C(=O)O)[C@@H](CCC(=O)O)[C@@H]3C. The van der Waals surface area contributed by atoms with E-state index < -0.39 is 11.9 Å². The highest BCUT2D eigenvalue weighted by atomic mass is 16.4. The third kappa shape index (κ3) is 6.97. The van der Waals surface area contributed by atoms with E-state index in [1.54, 1.807) is 6.92 Å². The zero-order valence-corrected chi connectivity index (χ0v) is 29.6. The van der Waals surface area contributed by atoms with Crippen molar-refractivity contribution >= 4 is 45.2 Å². The number of fused-ring (bicyclic) bond motifs is 8. The fourth-order valence-corrected chi connectivity index (χ4v) is 7.39. The molecule has 48 heavy (non-hydrogen) atoms. The standard InChI is InChI=1S/C39H51N5O4/c1-8-10-11-12-13-16-40-20-28-23(5)29-17-31-22(4)27(14-15-35(45)46)37(43-31)25(7)38-36(39(47)48)24(6)32(44-38)19-33-26(9-2)21(3)30(41-33)18-34(28)42-29/h17-19,22,27,40-42H,8-16,20H2,1-7H3,(H,45,46)(H,47,48)/t22-,27-/m0/s1. The maximum absolute atomic E-state index is 12.7. The zero-order chi connectivity index (χ0) is 34.7. The predicted molar refractivity (Wildman–Crippen MR) is 193 cm³/mol. The molecule has 5 heterocycles. The lowest BCUT2D eigenvalue weighted by molar-refractivity contribution is -0.137. The van der Waals surface area contributed by atoms with Crippen molar-refractivity contribution in [3.63, 3.8) is 0 Å². The van der Waals surface area contributed by atoms with Gasteiger partial charge in [0.1, 0.15) is 0 Å². The van der Waals surface area contributed by atoms with Gasteiger partial charge in [-0.25, -0.2) is 9.78 Å². The van der Waals surface area contributed by atoms with Crippen molar-refractivity contribution in [2.75, 3.05) is 6.54 Å². The largest absolute Gasteiger partial charge is 0.481 e. The number of carboxylic acid groups (broad SMARTS) is 2. The van der Waals surface area contributed by atoms with Crippen LogP contribution in [0.15, 0.2) is 18.2 Å². The van der Waals surface area contributed by atoms with Crippen LogP contribution in [0.2, 0.25) is 0 Å². The summed E-state index contributed by atoms with van der Waals surface area (Å²) in [5, 5.41) is 23.6. The van der Waals surface area contributed by atoms with Crippen LogP contribution in [0.3, 0.4) is 0 Å². The van der Waals surface area contributed by atoms with Crippen molar-refractivity contribution in [1.29, 1.82) is 0 Å². The van der Waals surface area contributed by atoms with Gasteiger partial charge in [-0.15, -0.1) is 0 Å². The minimum Gasteiger partial charge on any atom is -0.481 e. The van der Waals surface area contributed by atoms with Crippen LogP contribution in [0.25, 0.3) is 33.2 Å². The Morgan fingerprint density at radius 3 is 2.17 bits per heavy atom. The van der Waals surface area contributed by atoms with E-state index in [1.165, 1.54) is 31.2 Å². The summed E-state index contributed by atoms with van der Waals surface area (Å²) in [5.41, 5.74) is 12.6. The van der Waals surface area contributed by atoms with Gasteiger partial charge >= 0.3 is 11.9 Å². The quantitative estimate of drug-likeness (QED) is 0.116. The third-order valence-corrected chi connectivity index (χ3v) is 10.4. The van der Waals surface area contributed by atoms with Gasteiger partial charge in [0.25, 0.3) is 0 Å². The van der Waals surface area contributed by atoms with E-state index in [-0.39, 0.29) is 23.8 Å². The fraction of sp³-hybridized carbons (Fsp3) is 0.487. The molecular formula is C39H51N5O4. The van der Waals surface area contributed by atoms with Gasteiger partial charge in [-0.3, -0.25) is 9.78 Å².